The molecule has 7 aromatic rings. The highest BCUT2D eigenvalue weighted by atomic mass is 128. The Kier molecular flexibility index (Phi) is 36.4. The fourth-order valence-electron chi connectivity index (χ4n) is 9.04. The zero-order valence-electron chi connectivity index (χ0n) is 61.1. The van der Waals surface area contributed by atoms with Gasteiger partial charge in [-0.1, -0.05) is 153 Å². The predicted molar refractivity (Wildman–Crippen MR) is 417 cm³/mol. The van der Waals surface area contributed by atoms with Gasteiger partial charge in [-0.25, -0.2) is 24.4 Å². The number of alkyl carbamates (subject to hydrolysis) is 2. The summed E-state index contributed by atoms with van der Waals surface area (Å²) in [6.45, 7) is 33.7. The molecule has 0 saturated carbocycles. The van der Waals surface area contributed by atoms with E-state index in [2.05, 4.69) is 121 Å². The van der Waals surface area contributed by atoms with Gasteiger partial charge in [0.2, 0.25) is 5.91 Å². The number of carboxylic acids is 1. The molecule has 0 saturated heterocycles. The number of nitrogens with zero attached hydrogens (tertiary/aromatic N) is 2. The van der Waals surface area contributed by atoms with Crippen LogP contribution in [0.2, 0.25) is 0 Å². The number of aromatic nitrogens is 2. The van der Waals surface area contributed by atoms with Crippen molar-refractivity contribution in [2.75, 3.05) is 32.0 Å². The van der Waals surface area contributed by atoms with Gasteiger partial charge in [-0.05, 0) is 144 Å². The maximum absolute atomic E-state index is 12.9. The van der Waals surface area contributed by atoms with E-state index in [1.807, 2.05) is 178 Å². The Morgan fingerprint density at radius 3 is 1.09 bits per heavy atom. The number of halogens is 3. The Morgan fingerprint density at radius 2 is 0.760 bits per heavy atom. The van der Waals surface area contributed by atoms with Crippen LogP contribution in [-0.2, 0) is 69.8 Å². The molecule has 1 aromatic heterocycles. The van der Waals surface area contributed by atoms with Crippen LogP contribution >= 0.6 is 49.6 Å². The van der Waals surface area contributed by atoms with Gasteiger partial charge in [0.15, 0.2) is 0 Å². The Labute approximate surface area is 620 Å². The van der Waals surface area contributed by atoms with E-state index in [4.69, 9.17) is 34.5 Å². The van der Waals surface area contributed by atoms with Gasteiger partial charge >= 0.3 is 18.2 Å². The van der Waals surface area contributed by atoms with Crippen LogP contribution in [0.3, 0.4) is 0 Å². The van der Waals surface area contributed by atoms with Crippen molar-refractivity contribution in [1.29, 1.82) is 0 Å². The smallest absolute Gasteiger partial charge is 0.407 e. The lowest BCUT2D eigenvalue weighted by atomic mass is 9.86. The lowest BCUT2D eigenvalue weighted by Gasteiger charge is -2.21. The summed E-state index contributed by atoms with van der Waals surface area (Å²) in [5.74, 6) is 0.997. The van der Waals surface area contributed by atoms with E-state index < -0.39 is 29.4 Å². The molecule has 0 atom stereocenters. The molecule has 6 aromatic carbocycles. The third-order valence-corrected chi connectivity index (χ3v) is 14.1. The van der Waals surface area contributed by atoms with E-state index in [0.29, 0.717) is 79.3 Å². The maximum Gasteiger partial charge on any atom is 0.407 e. The first kappa shape index (κ1) is 87.8. The highest BCUT2D eigenvalue weighted by Crippen LogP contribution is 2.31. The molecule has 9 N–H and O–H groups in total. The number of aromatic carboxylic acids is 1. The first-order valence-electron chi connectivity index (χ1n) is 32.0. The number of nitrogens with two attached hydrogens (primary N) is 1. The van der Waals surface area contributed by atoms with E-state index >= 15 is 0 Å². The molecule has 1 heterocycles. The maximum atomic E-state index is 12.9. The van der Waals surface area contributed by atoms with Crippen molar-refractivity contribution in [3.63, 3.8) is 0 Å². The molecular formula is C76H102ClI2N9O12. The number of hydrogen-bond donors (Lipinski definition) is 8. The number of rotatable bonds is 19. The normalized spacial score (nSPS) is 10.9. The van der Waals surface area contributed by atoms with Crippen LogP contribution in [0.15, 0.2) is 140 Å². The van der Waals surface area contributed by atoms with E-state index in [-0.39, 0.29) is 51.9 Å². The monoisotopic (exact) mass is 1620 g/mol. The van der Waals surface area contributed by atoms with Crippen molar-refractivity contribution in [2.45, 2.75) is 177 Å². The van der Waals surface area contributed by atoms with Crippen molar-refractivity contribution in [3.05, 3.63) is 207 Å². The second kappa shape index (κ2) is 41.5. The van der Waals surface area contributed by atoms with E-state index in [0.717, 1.165) is 50.1 Å². The lowest BCUT2D eigenvalue weighted by molar-refractivity contribution is -0.114. The summed E-state index contributed by atoms with van der Waals surface area (Å²) in [6.07, 6.45) is 0.523. The zero-order chi connectivity index (χ0) is 74.5. The van der Waals surface area contributed by atoms with Gasteiger partial charge in [-0.3, -0.25) is 14.4 Å². The first-order chi connectivity index (χ1) is 46.3. The molecule has 7 rings (SSSR count). The van der Waals surface area contributed by atoms with E-state index in [1.54, 1.807) is 32.4 Å². The van der Waals surface area contributed by atoms with Crippen LogP contribution in [0.1, 0.15) is 192 Å². The van der Waals surface area contributed by atoms with Crippen LogP contribution in [0.5, 0.6) is 17.2 Å². The van der Waals surface area contributed by atoms with Gasteiger partial charge in [0.05, 0.1) is 32.5 Å². The Bertz CT molecular complexity index is 3800. The number of carbonyl (C=O) groups excluding carboxylic acids is 5. The van der Waals surface area contributed by atoms with Crippen molar-refractivity contribution >= 4 is 97.2 Å². The largest absolute Gasteiger partial charge is 0.496 e. The molecule has 0 radical (unpaired) electrons. The Balaban J connectivity index is 0.000000472. The molecular weight excluding hydrogens is 1520 g/mol. The number of anilines is 2. The van der Waals surface area contributed by atoms with Gasteiger partial charge in [-0.2, -0.15) is 0 Å². The van der Waals surface area contributed by atoms with Gasteiger partial charge in [0, 0.05) is 89.5 Å². The number of methoxy groups -OCH3 is 3. The molecule has 5 amide bonds. The van der Waals surface area contributed by atoms with Crippen molar-refractivity contribution in [3.8, 4) is 17.2 Å². The highest BCUT2D eigenvalue weighted by molar-refractivity contribution is 15.0. The summed E-state index contributed by atoms with van der Waals surface area (Å²) in [6, 6.07) is 41.8. The molecule has 100 heavy (non-hydrogen) atoms. The number of carboxylic acid groups (broad SMARTS) is 1. The van der Waals surface area contributed by atoms with Gasteiger partial charge in [-0.15, -0.1) is 12.4 Å². The molecule has 0 aliphatic heterocycles. The second-order valence-corrected chi connectivity index (χ2v) is 27.9. The number of hydrogen-bond acceptors (Lipinski definition) is 15. The third kappa shape index (κ3) is 32.4. The highest BCUT2D eigenvalue weighted by Gasteiger charge is 2.23. The molecule has 0 aliphatic carbocycles. The topological polar surface area (TPSA) is 293 Å². The molecule has 21 nitrogen and oxygen atoms in total. The average Bonchev–Trinajstić information content (AvgIpc) is 0.831. The SMILES string of the molecule is CC(C)(C)OC(=O)NCc1cccc(CN)c1.COc1ccc(C(C)(C)C)cc1C(=O)NCc1cccc(CNC(=O)OC(C)(C)C)c1.COc1ccc(C(C)(C)C)cc1C(=O)NCc1cccc(CNc2cc(NC(C)=O)ncn2)c1.COc1ccc(C(C)(C)C)cc1C(=O)O.Cl.II. The van der Waals surface area contributed by atoms with Crippen LogP contribution in [-0.4, -0.2) is 83.5 Å². The number of ether oxygens (including phenoxy) is 5. The third-order valence-electron chi connectivity index (χ3n) is 14.1. The molecule has 24 heteroatoms. The van der Waals surface area contributed by atoms with E-state index in [1.165, 1.54) is 20.4 Å². The van der Waals surface area contributed by atoms with Crippen LogP contribution in [0.25, 0.3) is 0 Å². The second-order valence-electron chi connectivity index (χ2n) is 27.9. The predicted octanol–water partition coefficient (Wildman–Crippen LogP) is 16.3. The number of benzene rings is 6. The molecule has 0 spiro atoms. The fraction of sp³-hybridized carbons (Fsp3) is 0.395. The van der Waals surface area contributed by atoms with Gasteiger partial charge in [0.25, 0.3) is 11.8 Å². The molecule has 0 unspecified atom stereocenters. The minimum Gasteiger partial charge on any atom is -0.496 e. The van der Waals surface area contributed by atoms with Gasteiger partial charge in [0.1, 0.15) is 52.0 Å². The molecule has 0 fully saturated rings. The number of nitrogens with one attached hydrogen (secondary N) is 6. The lowest BCUT2D eigenvalue weighted by Crippen LogP contribution is -2.32. The summed E-state index contributed by atoms with van der Waals surface area (Å²) in [7, 11) is 4.60. The van der Waals surface area contributed by atoms with Crippen LogP contribution in [0, 0.1) is 0 Å². The molecule has 0 bridgehead atoms. The molecule has 0 aliphatic rings. The Morgan fingerprint density at radius 1 is 0.440 bits per heavy atom. The van der Waals surface area contributed by atoms with Gasteiger partial charge < -0.3 is 66.4 Å². The van der Waals surface area contributed by atoms with Crippen LogP contribution in [0.4, 0.5) is 21.2 Å². The minimum absolute atomic E-state index is 0. The van der Waals surface area contributed by atoms with Crippen molar-refractivity contribution < 1.29 is 57.6 Å². The quantitative estimate of drug-likeness (QED) is 0.0349. The first-order valence-corrected chi connectivity index (χ1v) is 38.3. The van der Waals surface area contributed by atoms with Crippen molar-refractivity contribution in [1.82, 2.24) is 31.2 Å². The fourth-order valence-corrected chi connectivity index (χ4v) is 9.04. The average molecular weight is 1620 g/mol. The summed E-state index contributed by atoms with van der Waals surface area (Å²) < 4.78 is 26.2. The summed E-state index contributed by atoms with van der Waals surface area (Å²) in [5.41, 5.74) is 14.6. The Hall–Kier alpha value is -8.27. The summed E-state index contributed by atoms with van der Waals surface area (Å²) in [5, 5.41) is 26.3. The summed E-state index contributed by atoms with van der Waals surface area (Å²) in [4.78, 5) is 79.4. The minimum atomic E-state index is -0.960. The molecule has 544 valence electrons. The van der Waals surface area contributed by atoms with E-state index in [9.17, 15) is 28.8 Å². The van der Waals surface area contributed by atoms with Crippen molar-refractivity contribution in [2.24, 2.45) is 5.73 Å². The number of carbonyl (C=O) groups is 6. The zero-order valence-corrected chi connectivity index (χ0v) is 66.2. The standard InChI is InChI=1S/C26H31N5O3.C25H34N2O4.C13H20N2O2.C12H16O3.ClH.I2/c1-17(32)31-24-13-23(29-16-30-24)27-14-18-7-6-8-19(11-18)15-28-25(33)21-12-20(26(2,3)4)9-10-22(21)34-5;1-24(2,3)19-11-12-21(30-7)20(14-19)22(28)26-15-17-9-8-10-18(13-17)16-27-23(29)31-25(4,5)6;1-13(2,3)17-12(16)15-9-11-6-4-5-10(7-11)8-14;1-12(2,3)8-5-6-10(15-4)9(7-8)11(13)14;;1-2/h6-13,16H,14-15H2,1-5H3,(H,28,33)(H2,27,29,30,31,32);8-14H,15-16H2,1-7H3,(H,26,28)(H,27,29);4-7H,8-9,14H2,1-3H3,(H,15,16);5-7H,1-4H3,(H,13,14);1H;. The van der Waals surface area contributed by atoms with Crippen LogP contribution < -0.4 is 51.8 Å². The number of amides is 5. The summed E-state index contributed by atoms with van der Waals surface area (Å²) >= 11 is 4.24.